The molecule has 0 amide bonds. The van der Waals surface area contributed by atoms with Crippen molar-refractivity contribution in [1.82, 2.24) is 4.31 Å². The van der Waals surface area contributed by atoms with Crippen LogP contribution < -0.4 is 5.73 Å². The summed E-state index contributed by atoms with van der Waals surface area (Å²) >= 11 is 0. The van der Waals surface area contributed by atoms with Crippen LogP contribution in [0.25, 0.3) is 0 Å². The summed E-state index contributed by atoms with van der Waals surface area (Å²) in [4.78, 5) is -0.233. The van der Waals surface area contributed by atoms with Gasteiger partial charge in [-0.25, -0.2) is 12.8 Å². The molecule has 4 nitrogen and oxygen atoms in total. The predicted molar refractivity (Wildman–Crippen MR) is 78.8 cm³/mol. The van der Waals surface area contributed by atoms with Gasteiger partial charge in [0, 0.05) is 13.1 Å². The number of piperidine rings is 1. The number of hydrogen-bond donors (Lipinski definition) is 1. The highest BCUT2D eigenvalue weighted by Gasteiger charge is 2.31. The molecule has 20 heavy (non-hydrogen) atoms. The number of nitrogens with two attached hydrogens (primary N) is 1. The normalized spacial score (nSPS) is 20.4. The smallest absolute Gasteiger partial charge is 0.245 e. The molecular weight excluding hydrogens is 303 g/mol. The molecule has 0 aromatic heterocycles. The van der Waals surface area contributed by atoms with Crippen LogP contribution in [0, 0.1) is 11.7 Å². The summed E-state index contributed by atoms with van der Waals surface area (Å²) in [6, 6.07) is 5.52. The first-order valence-electron chi connectivity index (χ1n) is 6.50. The number of rotatable bonds is 4. The van der Waals surface area contributed by atoms with E-state index < -0.39 is 15.8 Å². The van der Waals surface area contributed by atoms with Crippen LogP contribution in [0.2, 0.25) is 0 Å². The average molecular weight is 323 g/mol. The van der Waals surface area contributed by atoms with Crippen LogP contribution in [0.5, 0.6) is 0 Å². The van der Waals surface area contributed by atoms with Gasteiger partial charge in [0.15, 0.2) is 0 Å². The average Bonchev–Trinajstić information content (AvgIpc) is 2.40. The maximum absolute atomic E-state index is 13.7. The number of halogens is 2. The van der Waals surface area contributed by atoms with Gasteiger partial charge in [-0.15, -0.1) is 12.4 Å². The lowest BCUT2D eigenvalue weighted by molar-refractivity contribution is 0.257. The summed E-state index contributed by atoms with van der Waals surface area (Å²) in [7, 11) is -3.73. The van der Waals surface area contributed by atoms with E-state index in [0.717, 1.165) is 19.3 Å². The van der Waals surface area contributed by atoms with Gasteiger partial charge in [-0.3, -0.25) is 0 Å². The molecular formula is C13H20ClFN2O2S. The number of sulfonamides is 1. The van der Waals surface area contributed by atoms with Crippen LogP contribution in [0.1, 0.15) is 19.3 Å². The van der Waals surface area contributed by atoms with Crippen LogP contribution >= 0.6 is 12.4 Å². The Bertz CT molecular complexity index is 537. The quantitative estimate of drug-likeness (QED) is 0.922. The molecule has 2 rings (SSSR count). The van der Waals surface area contributed by atoms with Crippen LogP contribution in [0.3, 0.4) is 0 Å². The predicted octanol–water partition coefficient (Wildman–Crippen LogP) is 2.00. The standard InChI is InChI=1S/C13H19FN2O2S.ClH/c14-12-5-1-2-6-13(12)19(17,18)16-9-3-4-11(10-16)7-8-15;/h1-2,5-6,11H,3-4,7-10,15H2;1H. The summed E-state index contributed by atoms with van der Waals surface area (Å²) in [6.07, 6.45) is 2.60. The van der Waals surface area contributed by atoms with Gasteiger partial charge in [0.05, 0.1) is 0 Å². The van der Waals surface area contributed by atoms with Crippen molar-refractivity contribution >= 4 is 22.4 Å². The van der Waals surface area contributed by atoms with Gasteiger partial charge in [0.2, 0.25) is 10.0 Å². The zero-order valence-corrected chi connectivity index (χ0v) is 12.8. The molecule has 1 saturated heterocycles. The van der Waals surface area contributed by atoms with Crippen molar-refractivity contribution in [3.63, 3.8) is 0 Å². The van der Waals surface area contributed by atoms with Gasteiger partial charge in [-0.1, -0.05) is 12.1 Å². The second-order valence-electron chi connectivity index (χ2n) is 4.88. The SMILES string of the molecule is Cl.NCCC1CCCN(S(=O)(=O)c2ccccc2F)C1. The molecule has 0 spiro atoms. The molecule has 1 heterocycles. The van der Waals surface area contributed by atoms with Crippen LogP contribution in [-0.2, 0) is 10.0 Å². The molecule has 0 saturated carbocycles. The third-order valence-corrected chi connectivity index (χ3v) is 5.41. The molecule has 1 unspecified atom stereocenters. The Kier molecular flexibility index (Phi) is 6.39. The van der Waals surface area contributed by atoms with Crippen LogP contribution in [0.4, 0.5) is 4.39 Å². The van der Waals surface area contributed by atoms with E-state index in [1.54, 1.807) is 0 Å². The van der Waals surface area contributed by atoms with Gasteiger partial charge in [-0.05, 0) is 43.9 Å². The van der Waals surface area contributed by atoms with E-state index in [1.165, 1.54) is 28.6 Å². The molecule has 114 valence electrons. The van der Waals surface area contributed by atoms with Gasteiger partial charge in [-0.2, -0.15) is 4.31 Å². The third kappa shape index (κ3) is 3.69. The van der Waals surface area contributed by atoms with Crippen molar-refractivity contribution in [3.8, 4) is 0 Å². The third-order valence-electron chi connectivity index (χ3n) is 3.51. The molecule has 1 aliphatic rings. The maximum atomic E-state index is 13.7. The molecule has 0 bridgehead atoms. The highest BCUT2D eigenvalue weighted by atomic mass is 35.5. The Hall–Kier alpha value is -0.690. The van der Waals surface area contributed by atoms with E-state index >= 15 is 0 Å². The number of hydrogen-bond acceptors (Lipinski definition) is 3. The summed E-state index contributed by atoms with van der Waals surface area (Å²) in [5.41, 5.74) is 5.52. The Morgan fingerprint density at radius 1 is 1.35 bits per heavy atom. The maximum Gasteiger partial charge on any atom is 0.245 e. The highest BCUT2D eigenvalue weighted by Crippen LogP contribution is 2.26. The topological polar surface area (TPSA) is 63.4 Å². The molecule has 1 aromatic rings. The first-order chi connectivity index (χ1) is 9.05. The fourth-order valence-corrected chi connectivity index (χ4v) is 4.13. The van der Waals surface area contributed by atoms with E-state index in [2.05, 4.69) is 0 Å². The van der Waals surface area contributed by atoms with Gasteiger partial charge >= 0.3 is 0 Å². The first-order valence-corrected chi connectivity index (χ1v) is 7.94. The van der Waals surface area contributed by atoms with Crippen molar-refractivity contribution in [2.24, 2.45) is 11.7 Å². The second-order valence-corrected chi connectivity index (χ2v) is 6.79. The Balaban J connectivity index is 0.00000200. The molecule has 2 N–H and O–H groups in total. The van der Waals surface area contributed by atoms with Crippen molar-refractivity contribution in [2.45, 2.75) is 24.2 Å². The van der Waals surface area contributed by atoms with E-state index in [-0.39, 0.29) is 23.2 Å². The lowest BCUT2D eigenvalue weighted by Crippen LogP contribution is -2.40. The first kappa shape index (κ1) is 17.4. The minimum absolute atomic E-state index is 0. The minimum atomic E-state index is -3.73. The Morgan fingerprint density at radius 3 is 2.70 bits per heavy atom. The molecule has 1 fully saturated rings. The van der Waals surface area contributed by atoms with E-state index in [1.807, 2.05) is 0 Å². The Morgan fingerprint density at radius 2 is 2.05 bits per heavy atom. The van der Waals surface area contributed by atoms with Crippen molar-refractivity contribution < 1.29 is 12.8 Å². The summed E-state index contributed by atoms with van der Waals surface area (Å²) in [6.45, 7) is 1.45. The zero-order valence-electron chi connectivity index (χ0n) is 11.2. The summed E-state index contributed by atoms with van der Waals surface area (Å²) in [5, 5.41) is 0. The van der Waals surface area contributed by atoms with Crippen molar-refractivity contribution in [2.75, 3.05) is 19.6 Å². The number of nitrogens with zero attached hydrogens (tertiary/aromatic N) is 1. The molecule has 0 radical (unpaired) electrons. The van der Waals surface area contributed by atoms with E-state index in [9.17, 15) is 12.8 Å². The van der Waals surface area contributed by atoms with E-state index in [0.29, 0.717) is 19.6 Å². The minimum Gasteiger partial charge on any atom is -0.330 e. The number of benzene rings is 1. The fourth-order valence-electron chi connectivity index (χ4n) is 2.51. The molecule has 1 aliphatic heterocycles. The van der Waals surface area contributed by atoms with Crippen molar-refractivity contribution in [1.29, 1.82) is 0 Å². The van der Waals surface area contributed by atoms with Gasteiger partial charge < -0.3 is 5.73 Å². The van der Waals surface area contributed by atoms with Crippen LogP contribution in [-0.4, -0.2) is 32.4 Å². The fraction of sp³-hybridized carbons (Fsp3) is 0.538. The van der Waals surface area contributed by atoms with E-state index in [4.69, 9.17) is 5.73 Å². The van der Waals surface area contributed by atoms with Gasteiger partial charge in [0.1, 0.15) is 10.7 Å². The molecule has 1 atom stereocenters. The molecule has 1 aromatic carbocycles. The lowest BCUT2D eigenvalue weighted by Gasteiger charge is -2.31. The van der Waals surface area contributed by atoms with Crippen molar-refractivity contribution in [3.05, 3.63) is 30.1 Å². The lowest BCUT2D eigenvalue weighted by atomic mass is 9.96. The molecule has 7 heteroatoms. The largest absolute Gasteiger partial charge is 0.330 e. The highest BCUT2D eigenvalue weighted by molar-refractivity contribution is 7.89. The monoisotopic (exact) mass is 322 g/mol. The van der Waals surface area contributed by atoms with Gasteiger partial charge in [0.25, 0.3) is 0 Å². The summed E-state index contributed by atoms with van der Waals surface area (Å²) in [5.74, 6) is -0.413. The summed E-state index contributed by atoms with van der Waals surface area (Å²) < 4.78 is 39.9. The Labute approximate surface area is 125 Å². The zero-order chi connectivity index (χ0) is 13.9. The second kappa shape index (κ2) is 7.36. The van der Waals surface area contributed by atoms with Crippen LogP contribution in [0.15, 0.2) is 29.2 Å². The molecule has 0 aliphatic carbocycles.